The van der Waals surface area contributed by atoms with E-state index in [1.54, 1.807) is 24.3 Å². The summed E-state index contributed by atoms with van der Waals surface area (Å²) in [6.07, 6.45) is -0.472. The summed E-state index contributed by atoms with van der Waals surface area (Å²) >= 11 is 5.77. The second kappa shape index (κ2) is 6.75. The minimum atomic E-state index is -1.32. The van der Waals surface area contributed by atoms with Crippen LogP contribution >= 0.6 is 11.6 Å². The molecule has 7 heteroatoms. The predicted octanol–water partition coefficient (Wildman–Crippen LogP) is 0.327. The summed E-state index contributed by atoms with van der Waals surface area (Å²) in [5.41, 5.74) is 5.55. The quantitative estimate of drug-likeness (QED) is 0.699. The number of carboxylic acid groups (broad SMARTS) is 1. The van der Waals surface area contributed by atoms with Crippen LogP contribution in [0.2, 0.25) is 5.02 Å². The first-order valence-corrected chi connectivity index (χ1v) is 5.81. The Morgan fingerprint density at radius 2 is 2.05 bits per heavy atom. The number of halogens is 1. The molecule has 0 unspecified atom stereocenters. The molecule has 0 aliphatic heterocycles. The average Bonchev–Trinajstić information content (AvgIpc) is 2.27. The number of hydrogen-bond donors (Lipinski definition) is 3. The molecule has 0 radical (unpaired) electrons. The summed E-state index contributed by atoms with van der Waals surface area (Å²) in [4.78, 5) is 33.2. The lowest BCUT2D eigenvalue weighted by Crippen LogP contribution is -2.43. The van der Waals surface area contributed by atoms with Crippen LogP contribution < -0.4 is 11.1 Å². The number of amides is 2. The lowest BCUT2D eigenvalue weighted by molar-refractivity contribution is -0.143. The van der Waals surface area contributed by atoms with Crippen molar-refractivity contribution in [1.29, 1.82) is 0 Å². The van der Waals surface area contributed by atoms with Gasteiger partial charge in [0, 0.05) is 5.02 Å². The highest BCUT2D eigenvalue weighted by Gasteiger charge is 2.21. The number of carboxylic acids is 1. The molecule has 1 aromatic rings. The molecule has 0 spiro atoms. The zero-order valence-corrected chi connectivity index (χ0v) is 10.7. The highest BCUT2D eigenvalue weighted by molar-refractivity contribution is 6.30. The third-order valence-electron chi connectivity index (χ3n) is 2.29. The van der Waals surface area contributed by atoms with Gasteiger partial charge in [0.05, 0.1) is 12.8 Å². The number of hydrogen-bond acceptors (Lipinski definition) is 3. The fourth-order valence-corrected chi connectivity index (χ4v) is 1.69. The Morgan fingerprint density at radius 1 is 1.37 bits per heavy atom. The first kappa shape index (κ1) is 15.0. The zero-order valence-electron chi connectivity index (χ0n) is 9.93. The van der Waals surface area contributed by atoms with Crippen molar-refractivity contribution in [3.8, 4) is 0 Å². The van der Waals surface area contributed by atoms with Gasteiger partial charge in [-0.2, -0.15) is 0 Å². The summed E-state index contributed by atoms with van der Waals surface area (Å²) in [6, 6.07) is 5.32. The second-order valence-electron chi connectivity index (χ2n) is 3.94. The van der Waals surface area contributed by atoms with Gasteiger partial charge in [-0.15, -0.1) is 0 Å². The summed E-state index contributed by atoms with van der Waals surface area (Å²) in [7, 11) is 0. The number of nitrogens with one attached hydrogen (secondary N) is 1. The van der Waals surface area contributed by atoms with E-state index in [1.807, 2.05) is 0 Å². The number of carbonyl (C=O) groups is 3. The molecule has 0 heterocycles. The van der Waals surface area contributed by atoms with Crippen LogP contribution in [0.5, 0.6) is 0 Å². The summed E-state index contributed by atoms with van der Waals surface area (Å²) in [5, 5.41) is 11.6. The Hall–Kier alpha value is -2.08. The van der Waals surface area contributed by atoms with Gasteiger partial charge in [0.25, 0.3) is 0 Å². The topological polar surface area (TPSA) is 109 Å². The van der Waals surface area contributed by atoms with Crippen LogP contribution in [0.15, 0.2) is 24.3 Å². The van der Waals surface area contributed by atoms with Crippen LogP contribution in [0.4, 0.5) is 0 Å². The average molecular weight is 285 g/mol. The molecule has 0 aromatic heterocycles. The maximum absolute atomic E-state index is 11.7. The fraction of sp³-hybridized carbons (Fsp3) is 0.250. The molecule has 2 amide bonds. The third-order valence-corrected chi connectivity index (χ3v) is 2.53. The van der Waals surface area contributed by atoms with E-state index in [0.29, 0.717) is 10.6 Å². The summed E-state index contributed by atoms with van der Waals surface area (Å²) in [5.74, 6) is -2.62. The van der Waals surface area contributed by atoms with Gasteiger partial charge in [0.15, 0.2) is 0 Å². The van der Waals surface area contributed by atoms with Crippen molar-refractivity contribution in [2.24, 2.45) is 5.73 Å². The highest BCUT2D eigenvalue weighted by atomic mass is 35.5. The van der Waals surface area contributed by atoms with E-state index < -0.39 is 30.2 Å². The molecule has 0 saturated carbocycles. The predicted molar refractivity (Wildman–Crippen MR) is 68.5 cm³/mol. The highest BCUT2D eigenvalue weighted by Crippen LogP contribution is 2.11. The van der Waals surface area contributed by atoms with Gasteiger partial charge >= 0.3 is 5.97 Å². The van der Waals surface area contributed by atoms with Crippen LogP contribution in [-0.4, -0.2) is 28.9 Å². The first-order chi connectivity index (χ1) is 8.88. The molecule has 0 aliphatic carbocycles. The van der Waals surface area contributed by atoms with Crippen molar-refractivity contribution in [1.82, 2.24) is 5.32 Å². The molecule has 1 aromatic carbocycles. The van der Waals surface area contributed by atoms with Gasteiger partial charge in [-0.1, -0.05) is 23.7 Å². The molecule has 6 nitrogen and oxygen atoms in total. The van der Waals surface area contributed by atoms with Gasteiger partial charge in [-0.3, -0.25) is 9.59 Å². The maximum atomic E-state index is 11.7. The molecular formula is C12H13ClN2O4. The Kier molecular flexibility index (Phi) is 5.32. The molecule has 4 N–H and O–H groups in total. The van der Waals surface area contributed by atoms with E-state index in [4.69, 9.17) is 22.4 Å². The molecule has 102 valence electrons. The lowest BCUT2D eigenvalue weighted by Gasteiger charge is -2.12. The normalized spacial score (nSPS) is 11.6. The monoisotopic (exact) mass is 284 g/mol. The van der Waals surface area contributed by atoms with Crippen molar-refractivity contribution >= 4 is 29.4 Å². The smallest absolute Gasteiger partial charge is 0.326 e. The molecule has 1 rings (SSSR count). The maximum Gasteiger partial charge on any atom is 0.326 e. The van der Waals surface area contributed by atoms with E-state index >= 15 is 0 Å². The number of aliphatic carboxylic acids is 1. The van der Waals surface area contributed by atoms with Gasteiger partial charge in [-0.25, -0.2) is 4.79 Å². The number of nitrogens with two attached hydrogens (primary N) is 1. The van der Waals surface area contributed by atoms with Crippen molar-refractivity contribution in [3.05, 3.63) is 34.9 Å². The molecule has 0 aliphatic rings. The third kappa shape index (κ3) is 5.39. The van der Waals surface area contributed by atoms with Gasteiger partial charge < -0.3 is 16.2 Å². The molecule has 0 fully saturated rings. The molecule has 0 bridgehead atoms. The van der Waals surface area contributed by atoms with Gasteiger partial charge in [-0.05, 0) is 17.7 Å². The van der Waals surface area contributed by atoms with Gasteiger partial charge in [0.1, 0.15) is 6.04 Å². The molecule has 1 atom stereocenters. The minimum absolute atomic E-state index is 0.0247. The number of rotatable bonds is 6. The van der Waals surface area contributed by atoms with Crippen LogP contribution in [0, 0.1) is 0 Å². The van der Waals surface area contributed by atoms with Crippen molar-refractivity contribution in [3.63, 3.8) is 0 Å². The Labute approximate surface area is 114 Å². The minimum Gasteiger partial charge on any atom is -0.480 e. The number of primary amides is 1. The van der Waals surface area contributed by atoms with E-state index in [0.717, 1.165) is 0 Å². The van der Waals surface area contributed by atoms with E-state index in [1.165, 1.54) is 0 Å². The number of carbonyl (C=O) groups excluding carboxylic acids is 2. The lowest BCUT2D eigenvalue weighted by atomic mass is 10.1. The van der Waals surface area contributed by atoms with Crippen molar-refractivity contribution < 1.29 is 19.5 Å². The number of benzene rings is 1. The van der Waals surface area contributed by atoms with E-state index in [-0.39, 0.29) is 6.42 Å². The Bertz CT molecular complexity index is 504. The SMILES string of the molecule is NC(=O)C[C@H](NC(=O)Cc1cccc(Cl)c1)C(=O)O. The van der Waals surface area contributed by atoms with Gasteiger partial charge in [0.2, 0.25) is 11.8 Å². The van der Waals surface area contributed by atoms with Crippen LogP contribution in [0.3, 0.4) is 0 Å². The van der Waals surface area contributed by atoms with Crippen molar-refractivity contribution in [2.45, 2.75) is 18.9 Å². The fourth-order valence-electron chi connectivity index (χ4n) is 1.48. The van der Waals surface area contributed by atoms with Crippen LogP contribution in [0.25, 0.3) is 0 Å². The van der Waals surface area contributed by atoms with Crippen LogP contribution in [0.1, 0.15) is 12.0 Å². The molecule has 19 heavy (non-hydrogen) atoms. The Balaban J connectivity index is 2.62. The summed E-state index contributed by atoms with van der Waals surface area (Å²) < 4.78 is 0. The van der Waals surface area contributed by atoms with E-state index in [9.17, 15) is 14.4 Å². The largest absolute Gasteiger partial charge is 0.480 e. The van der Waals surface area contributed by atoms with E-state index in [2.05, 4.69) is 5.32 Å². The first-order valence-electron chi connectivity index (χ1n) is 5.43. The summed E-state index contributed by atoms with van der Waals surface area (Å²) in [6.45, 7) is 0. The Morgan fingerprint density at radius 3 is 2.58 bits per heavy atom. The molecular weight excluding hydrogens is 272 g/mol. The standard InChI is InChI=1S/C12H13ClN2O4/c13-8-3-1-2-7(4-8)5-11(17)15-9(12(18)19)6-10(14)16/h1-4,9H,5-6H2,(H2,14,16)(H,15,17)(H,18,19)/t9-/m0/s1. The molecule has 0 saturated heterocycles. The second-order valence-corrected chi connectivity index (χ2v) is 4.37. The van der Waals surface area contributed by atoms with Crippen molar-refractivity contribution in [2.75, 3.05) is 0 Å². The van der Waals surface area contributed by atoms with Crippen LogP contribution in [-0.2, 0) is 20.8 Å². The zero-order chi connectivity index (χ0) is 14.4.